The lowest BCUT2D eigenvalue weighted by Crippen LogP contribution is -2.40. The molecule has 2 N–H and O–H groups in total. The van der Waals surface area contributed by atoms with E-state index in [0.29, 0.717) is 17.1 Å². The number of benzene rings is 3. The molecule has 3 aromatic carbocycles. The van der Waals surface area contributed by atoms with E-state index in [1.165, 1.54) is 6.92 Å². The number of fused-ring (bicyclic) bond motifs is 2. The lowest BCUT2D eigenvalue weighted by Gasteiger charge is -2.25. The van der Waals surface area contributed by atoms with E-state index in [1.807, 2.05) is 36.4 Å². The van der Waals surface area contributed by atoms with Crippen molar-refractivity contribution in [2.75, 3.05) is 10.6 Å². The molecule has 2 atom stereocenters. The molecule has 0 fully saturated rings. The highest BCUT2D eigenvalue weighted by atomic mass is 16.6. The van der Waals surface area contributed by atoms with Gasteiger partial charge in [0.2, 0.25) is 0 Å². The summed E-state index contributed by atoms with van der Waals surface area (Å²) in [6.45, 7) is 1.48. The maximum Gasteiger partial charge on any atom is 0.310 e. The molecule has 0 saturated heterocycles. The molecule has 1 aliphatic heterocycles. The van der Waals surface area contributed by atoms with Crippen molar-refractivity contribution in [3.05, 3.63) is 66.7 Å². The lowest BCUT2D eigenvalue weighted by molar-refractivity contribution is -0.155. The van der Waals surface area contributed by atoms with Crippen LogP contribution in [0.4, 0.5) is 11.4 Å². The molecule has 1 aliphatic rings. The zero-order chi connectivity index (χ0) is 21.1. The van der Waals surface area contributed by atoms with Crippen molar-refractivity contribution in [2.24, 2.45) is 0 Å². The largest absolute Gasteiger partial charge is 0.478 e. The fraction of sp³-hybridized carbons (Fsp3) is 0.174. The van der Waals surface area contributed by atoms with Gasteiger partial charge < -0.3 is 20.1 Å². The predicted octanol–water partition coefficient (Wildman–Crippen LogP) is 3.50. The zero-order valence-corrected chi connectivity index (χ0v) is 16.3. The van der Waals surface area contributed by atoms with Crippen LogP contribution in [0.2, 0.25) is 0 Å². The number of ether oxygens (including phenoxy) is 2. The predicted molar refractivity (Wildman–Crippen MR) is 112 cm³/mol. The number of para-hydroxylation sites is 2. The van der Waals surface area contributed by atoms with E-state index in [0.717, 1.165) is 10.8 Å². The Morgan fingerprint density at radius 2 is 1.80 bits per heavy atom. The van der Waals surface area contributed by atoms with Crippen molar-refractivity contribution in [1.29, 1.82) is 0 Å². The standard InChI is InChI=1S/C23H20N2O5/c1-14(22(27)24-17-11-10-15-6-2-3-7-16(15)12-17)29-21(26)13-20-23(28)25-18-8-4-5-9-19(18)30-20/h2-12,14,20H,13H2,1H3,(H,24,27)(H,25,28). The summed E-state index contributed by atoms with van der Waals surface area (Å²) in [5.41, 5.74) is 1.16. The highest BCUT2D eigenvalue weighted by Crippen LogP contribution is 2.29. The summed E-state index contributed by atoms with van der Waals surface area (Å²) in [5.74, 6) is -1.11. The molecule has 0 spiro atoms. The van der Waals surface area contributed by atoms with Gasteiger partial charge in [0.05, 0.1) is 12.1 Å². The summed E-state index contributed by atoms with van der Waals surface area (Å²) in [6, 6.07) is 20.3. The molecule has 7 nitrogen and oxygen atoms in total. The molecule has 0 aromatic heterocycles. The first-order valence-corrected chi connectivity index (χ1v) is 9.55. The van der Waals surface area contributed by atoms with Gasteiger partial charge in [-0.1, -0.05) is 42.5 Å². The monoisotopic (exact) mass is 404 g/mol. The molecule has 7 heteroatoms. The third kappa shape index (κ3) is 4.25. The van der Waals surface area contributed by atoms with Gasteiger partial charge in [0.1, 0.15) is 5.75 Å². The Kier molecular flexibility index (Phi) is 5.34. The smallest absolute Gasteiger partial charge is 0.310 e. The van der Waals surface area contributed by atoms with Crippen LogP contribution in [0.15, 0.2) is 66.7 Å². The Bertz CT molecular complexity index is 1130. The summed E-state index contributed by atoms with van der Waals surface area (Å²) in [4.78, 5) is 36.8. The second-order valence-corrected chi connectivity index (χ2v) is 6.98. The Balaban J connectivity index is 1.33. The summed E-state index contributed by atoms with van der Waals surface area (Å²) < 4.78 is 10.8. The molecular formula is C23H20N2O5. The number of amides is 2. The maximum absolute atomic E-state index is 12.4. The third-order valence-electron chi connectivity index (χ3n) is 4.75. The van der Waals surface area contributed by atoms with Gasteiger partial charge in [0, 0.05) is 5.69 Å². The molecule has 0 radical (unpaired) electrons. The minimum Gasteiger partial charge on any atom is -0.478 e. The van der Waals surface area contributed by atoms with E-state index in [1.54, 1.807) is 30.3 Å². The Labute approximate surface area is 173 Å². The number of anilines is 2. The summed E-state index contributed by atoms with van der Waals surface area (Å²) in [5, 5.41) is 7.47. The summed E-state index contributed by atoms with van der Waals surface area (Å²) >= 11 is 0. The molecule has 152 valence electrons. The first kappa shape index (κ1) is 19.4. The Morgan fingerprint density at radius 3 is 2.63 bits per heavy atom. The van der Waals surface area contributed by atoms with Crippen molar-refractivity contribution in [3.63, 3.8) is 0 Å². The second kappa shape index (κ2) is 8.24. The summed E-state index contributed by atoms with van der Waals surface area (Å²) in [6.07, 6.45) is -2.33. The molecular weight excluding hydrogens is 384 g/mol. The van der Waals surface area contributed by atoms with Gasteiger partial charge >= 0.3 is 5.97 Å². The van der Waals surface area contributed by atoms with Crippen LogP contribution in [0.3, 0.4) is 0 Å². The quantitative estimate of drug-likeness (QED) is 0.635. The van der Waals surface area contributed by atoms with Crippen LogP contribution < -0.4 is 15.4 Å². The van der Waals surface area contributed by atoms with Gasteiger partial charge in [-0.25, -0.2) is 0 Å². The van der Waals surface area contributed by atoms with E-state index in [-0.39, 0.29) is 6.42 Å². The Morgan fingerprint density at radius 1 is 1.07 bits per heavy atom. The molecule has 2 amide bonds. The van der Waals surface area contributed by atoms with Crippen molar-refractivity contribution < 1.29 is 23.9 Å². The highest BCUT2D eigenvalue weighted by Gasteiger charge is 2.31. The molecule has 1 heterocycles. The van der Waals surface area contributed by atoms with Crippen molar-refractivity contribution in [1.82, 2.24) is 0 Å². The molecule has 0 bridgehead atoms. The van der Waals surface area contributed by atoms with Gasteiger partial charge in [-0.05, 0) is 42.0 Å². The van der Waals surface area contributed by atoms with E-state index >= 15 is 0 Å². The number of esters is 1. The van der Waals surface area contributed by atoms with Crippen LogP contribution in [-0.4, -0.2) is 30.0 Å². The van der Waals surface area contributed by atoms with Crippen LogP contribution in [0, 0.1) is 0 Å². The van der Waals surface area contributed by atoms with E-state index in [4.69, 9.17) is 9.47 Å². The van der Waals surface area contributed by atoms with Crippen molar-refractivity contribution in [2.45, 2.75) is 25.6 Å². The lowest BCUT2D eigenvalue weighted by atomic mass is 10.1. The van der Waals surface area contributed by atoms with Crippen LogP contribution in [0.5, 0.6) is 5.75 Å². The average Bonchev–Trinajstić information content (AvgIpc) is 2.74. The Hall–Kier alpha value is -3.87. The topological polar surface area (TPSA) is 93.7 Å². The molecule has 4 rings (SSSR count). The zero-order valence-electron chi connectivity index (χ0n) is 16.3. The summed E-state index contributed by atoms with van der Waals surface area (Å²) in [7, 11) is 0. The normalized spacial score (nSPS) is 16.0. The number of carbonyl (C=O) groups excluding carboxylic acids is 3. The van der Waals surface area contributed by atoms with Crippen molar-refractivity contribution >= 4 is 39.9 Å². The number of nitrogens with one attached hydrogen (secondary N) is 2. The fourth-order valence-corrected chi connectivity index (χ4v) is 3.19. The van der Waals surface area contributed by atoms with Gasteiger partial charge in [-0.3, -0.25) is 14.4 Å². The van der Waals surface area contributed by atoms with Crippen molar-refractivity contribution in [3.8, 4) is 5.75 Å². The van der Waals surface area contributed by atoms with Crippen LogP contribution in [-0.2, 0) is 19.1 Å². The van der Waals surface area contributed by atoms with Gasteiger partial charge in [-0.2, -0.15) is 0 Å². The first-order chi connectivity index (χ1) is 14.5. The number of hydrogen-bond acceptors (Lipinski definition) is 5. The minimum atomic E-state index is -1.03. The third-order valence-corrected chi connectivity index (χ3v) is 4.75. The number of rotatable bonds is 5. The fourth-order valence-electron chi connectivity index (χ4n) is 3.19. The van der Waals surface area contributed by atoms with E-state index < -0.39 is 30.0 Å². The van der Waals surface area contributed by atoms with Gasteiger partial charge in [0.25, 0.3) is 11.8 Å². The maximum atomic E-state index is 12.4. The molecule has 2 unspecified atom stereocenters. The number of hydrogen-bond donors (Lipinski definition) is 2. The van der Waals surface area contributed by atoms with Crippen LogP contribution in [0.1, 0.15) is 13.3 Å². The number of carbonyl (C=O) groups is 3. The van der Waals surface area contributed by atoms with Crippen LogP contribution in [0.25, 0.3) is 10.8 Å². The highest BCUT2D eigenvalue weighted by molar-refractivity contribution is 6.00. The van der Waals surface area contributed by atoms with Gasteiger partial charge in [0.15, 0.2) is 12.2 Å². The second-order valence-electron chi connectivity index (χ2n) is 6.98. The van der Waals surface area contributed by atoms with E-state index in [9.17, 15) is 14.4 Å². The average molecular weight is 404 g/mol. The van der Waals surface area contributed by atoms with E-state index in [2.05, 4.69) is 10.6 Å². The van der Waals surface area contributed by atoms with Gasteiger partial charge in [-0.15, -0.1) is 0 Å². The molecule has 0 aliphatic carbocycles. The van der Waals surface area contributed by atoms with Crippen LogP contribution >= 0.6 is 0 Å². The molecule has 0 saturated carbocycles. The molecule has 30 heavy (non-hydrogen) atoms. The first-order valence-electron chi connectivity index (χ1n) is 9.55. The molecule has 3 aromatic rings. The SMILES string of the molecule is CC(OC(=O)CC1Oc2ccccc2NC1=O)C(=O)Nc1ccc2ccccc2c1. The minimum absolute atomic E-state index is 0.298.